The van der Waals surface area contributed by atoms with E-state index in [1.807, 2.05) is 6.07 Å². The third-order valence-corrected chi connectivity index (χ3v) is 6.73. The Kier molecular flexibility index (Phi) is 4.78. The van der Waals surface area contributed by atoms with Crippen molar-refractivity contribution in [3.05, 3.63) is 70.3 Å². The number of non-ortho nitro benzene ring substituents is 1. The van der Waals surface area contributed by atoms with Crippen molar-refractivity contribution in [1.82, 2.24) is 4.90 Å². The van der Waals surface area contributed by atoms with Gasteiger partial charge in [0.25, 0.3) is 5.69 Å². The summed E-state index contributed by atoms with van der Waals surface area (Å²) in [4.78, 5) is 24.6. The lowest BCUT2D eigenvalue weighted by molar-refractivity contribution is -0.384. The summed E-state index contributed by atoms with van der Waals surface area (Å²) in [6, 6.07) is 15.8. The molecule has 1 aliphatic carbocycles. The molecule has 7 heteroatoms. The van der Waals surface area contributed by atoms with E-state index >= 15 is 0 Å². The third-order valence-electron chi connectivity index (χ3n) is 6.73. The fraction of sp³-hybridized carbons (Fsp3) is 0.409. The van der Waals surface area contributed by atoms with Crippen molar-refractivity contribution in [2.75, 3.05) is 19.7 Å². The van der Waals surface area contributed by atoms with Crippen molar-refractivity contribution in [3.63, 3.8) is 0 Å². The summed E-state index contributed by atoms with van der Waals surface area (Å²) in [5.74, 6) is 0.523. The molecule has 152 valence electrons. The molecular weight excluding hydrogens is 372 g/mol. The number of hydrogen-bond donors (Lipinski definition) is 0. The van der Waals surface area contributed by atoms with E-state index in [9.17, 15) is 14.9 Å². The largest absolute Gasteiger partial charge is 0.513 e. The maximum Gasteiger partial charge on any atom is 0.513 e. The average Bonchev–Trinajstić information content (AvgIpc) is 2.98. The van der Waals surface area contributed by atoms with Crippen molar-refractivity contribution in [1.29, 1.82) is 0 Å². The normalized spacial score (nSPS) is 27.9. The number of rotatable bonds is 6. The van der Waals surface area contributed by atoms with Crippen molar-refractivity contribution in [2.24, 2.45) is 16.7 Å². The van der Waals surface area contributed by atoms with Crippen LogP contribution in [0.1, 0.15) is 19.4 Å². The number of ether oxygens (including phenoxy) is 2. The molecule has 4 rings (SSSR count). The predicted molar refractivity (Wildman–Crippen MR) is 106 cm³/mol. The van der Waals surface area contributed by atoms with Gasteiger partial charge in [0, 0.05) is 37.7 Å². The van der Waals surface area contributed by atoms with Crippen LogP contribution in [0, 0.1) is 26.9 Å². The highest BCUT2D eigenvalue weighted by molar-refractivity contribution is 5.64. The standard InChI is InChI=1S/C22H24N2O5/c1-21-14-23(12-16-6-4-3-5-7-16)15-22(21,2)19(21)13-28-20(25)29-18-10-8-17(9-11-18)24(26)27/h3-11,19H,12-15H2,1-2H3/t19-,21-,22+. The summed E-state index contributed by atoms with van der Waals surface area (Å²) in [5, 5.41) is 10.7. The van der Waals surface area contributed by atoms with Gasteiger partial charge in [-0.2, -0.15) is 0 Å². The Balaban J connectivity index is 1.27. The molecule has 0 amide bonds. The number of hydrogen-bond acceptors (Lipinski definition) is 6. The number of likely N-dealkylation sites (tertiary alicyclic amines) is 1. The van der Waals surface area contributed by atoms with Gasteiger partial charge >= 0.3 is 6.16 Å². The van der Waals surface area contributed by atoms with Gasteiger partial charge in [-0.3, -0.25) is 15.0 Å². The van der Waals surface area contributed by atoms with E-state index in [0.29, 0.717) is 12.5 Å². The zero-order valence-electron chi connectivity index (χ0n) is 16.5. The minimum atomic E-state index is -0.780. The first kappa shape index (κ1) is 19.4. The molecule has 0 aromatic heterocycles. The predicted octanol–water partition coefficient (Wildman–Crippen LogP) is 4.27. The summed E-state index contributed by atoms with van der Waals surface area (Å²) in [6.07, 6.45) is -0.780. The molecule has 1 saturated heterocycles. The molecule has 0 bridgehead atoms. The lowest BCUT2D eigenvalue weighted by Gasteiger charge is -2.23. The van der Waals surface area contributed by atoms with E-state index in [0.717, 1.165) is 19.6 Å². The summed E-state index contributed by atoms with van der Waals surface area (Å²) in [6.45, 7) is 7.72. The first-order valence-corrected chi connectivity index (χ1v) is 9.67. The van der Waals surface area contributed by atoms with Crippen LogP contribution in [0.15, 0.2) is 54.6 Å². The monoisotopic (exact) mass is 396 g/mol. The summed E-state index contributed by atoms with van der Waals surface area (Å²) < 4.78 is 10.5. The van der Waals surface area contributed by atoms with Crippen LogP contribution in [0.2, 0.25) is 0 Å². The van der Waals surface area contributed by atoms with Crippen LogP contribution in [0.4, 0.5) is 10.5 Å². The first-order valence-electron chi connectivity index (χ1n) is 9.67. The average molecular weight is 396 g/mol. The molecule has 0 radical (unpaired) electrons. The molecule has 7 nitrogen and oxygen atoms in total. The van der Waals surface area contributed by atoms with E-state index in [1.54, 1.807) is 0 Å². The van der Waals surface area contributed by atoms with Crippen molar-refractivity contribution >= 4 is 11.8 Å². The van der Waals surface area contributed by atoms with E-state index in [2.05, 4.69) is 43.0 Å². The lowest BCUT2D eigenvalue weighted by atomic mass is 10.0. The topological polar surface area (TPSA) is 81.9 Å². The molecule has 2 aromatic rings. The SMILES string of the molecule is C[C@@]12CN(Cc3ccccc3)C[C@]1(C)[C@H]2COC(=O)Oc1ccc([N+](=O)[O-])cc1. The van der Waals surface area contributed by atoms with Gasteiger partial charge in [-0.25, -0.2) is 4.79 Å². The second kappa shape index (κ2) is 7.15. The first-order chi connectivity index (χ1) is 13.8. The molecule has 0 unspecified atom stereocenters. The second-order valence-corrected chi connectivity index (χ2v) is 8.43. The number of carbonyl (C=O) groups excluding carboxylic acids is 1. The minimum Gasteiger partial charge on any atom is -0.434 e. The van der Waals surface area contributed by atoms with Crippen LogP contribution in [0.3, 0.4) is 0 Å². The van der Waals surface area contributed by atoms with Crippen molar-refractivity contribution in [2.45, 2.75) is 20.4 Å². The molecule has 2 aliphatic rings. The number of fused-ring (bicyclic) bond motifs is 1. The highest BCUT2D eigenvalue weighted by atomic mass is 16.7. The molecule has 2 aromatic carbocycles. The van der Waals surface area contributed by atoms with E-state index in [-0.39, 0.29) is 22.3 Å². The number of nitrogens with zero attached hydrogens (tertiary/aromatic N) is 2. The van der Waals surface area contributed by atoms with Crippen LogP contribution in [-0.4, -0.2) is 35.7 Å². The molecule has 1 saturated carbocycles. The molecule has 0 N–H and O–H groups in total. The Labute approximate surface area is 169 Å². The fourth-order valence-corrected chi connectivity index (χ4v) is 4.88. The number of nitro benzene ring substituents is 1. The molecule has 3 atom stereocenters. The fourth-order valence-electron chi connectivity index (χ4n) is 4.88. The zero-order chi connectivity index (χ0) is 20.6. The molecular formula is C22H24N2O5. The molecule has 0 spiro atoms. The van der Waals surface area contributed by atoms with Crippen LogP contribution < -0.4 is 4.74 Å². The molecule has 29 heavy (non-hydrogen) atoms. The van der Waals surface area contributed by atoms with Crippen LogP contribution >= 0.6 is 0 Å². The van der Waals surface area contributed by atoms with Gasteiger partial charge in [0.15, 0.2) is 0 Å². The van der Waals surface area contributed by atoms with Crippen molar-refractivity contribution in [3.8, 4) is 5.75 Å². The maximum absolute atomic E-state index is 12.0. The van der Waals surface area contributed by atoms with E-state index in [4.69, 9.17) is 9.47 Å². The molecule has 1 aliphatic heterocycles. The third kappa shape index (κ3) is 3.58. The van der Waals surface area contributed by atoms with E-state index in [1.165, 1.54) is 29.8 Å². The smallest absolute Gasteiger partial charge is 0.434 e. The summed E-state index contributed by atoms with van der Waals surface area (Å²) in [7, 11) is 0. The number of nitro groups is 1. The zero-order valence-corrected chi connectivity index (χ0v) is 16.5. The number of piperidine rings is 1. The Morgan fingerprint density at radius 2 is 1.72 bits per heavy atom. The van der Waals surface area contributed by atoms with Gasteiger partial charge in [-0.15, -0.1) is 0 Å². The second-order valence-electron chi connectivity index (χ2n) is 8.43. The van der Waals surface area contributed by atoms with Gasteiger partial charge in [0.2, 0.25) is 0 Å². The van der Waals surface area contributed by atoms with Crippen LogP contribution in [0.25, 0.3) is 0 Å². The highest BCUT2D eigenvalue weighted by Gasteiger charge is 2.74. The Bertz CT molecular complexity index is 899. The number of carbonyl (C=O) groups is 1. The van der Waals surface area contributed by atoms with Crippen LogP contribution in [0.5, 0.6) is 5.75 Å². The number of benzene rings is 2. The van der Waals surface area contributed by atoms with E-state index < -0.39 is 11.1 Å². The van der Waals surface area contributed by atoms with Crippen molar-refractivity contribution < 1.29 is 19.2 Å². The Morgan fingerprint density at radius 1 is 1.10 bits per heavy atom. The van der Waals surface area contributed by atoms with Gasteiger partial charge in [0.1, 0.15) is 5.75 Å². The molecule has 1 heterocycles. The molecule has 2 fully saturated rings. The minimum absolute atomic E-state index is 0.0579. The Morgan fingerprint density at radius 3 is 2.31 bits per heavy atom. The van der Waals surface area contributed by atoms with Gasteiger partial charge in [-0.05, 0) is 28.5 Å². The highest BCUT2D eigenvalue weighted by Crippen LogP contribution is 2.72. The quantitative estimate of drug-likeness (QED) is 0.314. The summed E-state index contributed by atoms with van der Waals surface area (Å²) >= 11 is 0. The lowest BCUT2D eigenvalue weighted by Crippen LogP contribution is -2.29. The van der Waals surface area contributed by atoms with Gasteiger partial charge < -0.3 is 9.47 Å². The maximum atomic E-state index is 12.0. The summed E-state index contributed by atoms with van der Waals surface area (Å²) in [5.41, 5.74) is 1.49. The van der Waals surface area contributed by atoms with Gasteiger partial charge in [-0.1, -0.05) is 44.2 Å². The van der Waals surface area contributed by atoms with Crippen LogP contribution in [-0.2, 0) is 11.3 Å². The Hall–Kier alpha value is -2.93. The van der Waals surface area contributed by atoms with Gasteiger partial charge in [0.05, 0.1) is 11.5 Å².